The number of fused-ring (bicyclic) bond motifs is 5. The molecule has 0 aromatic rings. The van der Waals surface area contributed by atoms with Gasteiger partial charge in [-0.1, -0.05) is 54.4 Å². The molecule has 0 aromatic heterocycles. The zero-order chi connectivity index (χ0) is 24.1. The molecule has 0 heterocycles. The second-order valence-electron chi connectivity index (χ2n) is 13.6. The van der Waals surface area contributed by atoms with E-state index in [-0.39, 0.29) is 22.9 Å². The minimum atomic E-state index is -0.119. The van der Waals surface area contributed by atoms with Crippen LogP contribution in [0.1, 0.15) is 113 Å². The first-order chi connectivity index (χ1) is 15.5. The molecule has 0 radical (unpaired) electrons. The summed E-state index contributed by atoms with van der Waals surface area (Å²) in [5, 5.41) is 0. The number of rotatable bonds is 6. The number of ether oxygens (including phenoxy) is 1. The van der Waals surface area contributed by atoms with E-state index in [2.05, 4.69) is 41.5 Å². The molecule has 3 nitrogen and oxygen atoms in total. The Hall–Kier alpha value is -0.860. The van der Waals surface area contributed by atoms with Gasteiger partial charge in [-0.3, -0.25) is 9.59 Å². The van der Waals surface area contributed by atoms with Gasteiger partial charge in [-0.05, 0) is 90.8 Å². The summed E-state index contributed by atoms with van der Waals surface area (Å²) in [4.78, 5) is 24.6. The van der Waals surface area contributed by atoms with Crippen LogP contribution in [0.2, 0.25) is 0 Å². The van der Waals surface area contributed by atoms with Crippen molar-refractivity contribution < 1.29 is 14.3 Å². The van der Waals surface area contributed by atoms with Gasteiger partial charge in [-0.2, -0.15) is 0 Å². The molecule has 4 rings (SSSR count). The fourth-order valence-electron chi connectivity index (χ4n) is 9.49. The Morgan fingerprint density at radius 1 is 1.03 bits per heavy atom. The zero-order valence-electron chi connectivity index (χ0n) is 22.5. The number of esters is 1. The lowest BCUT2D eigenvalue weighted by atomic mass is 9.43. The van der Waals surface area contributed by atoms with E-state index in [1.54, 1.807) is 6.92 Å². The van der Waals surface area contributed by atoms with Crippen molar-refractivity contribution in [3.8, 4) is 0 Å². The van der Waals surface area contributed by atoms with Gasteiger partial charge in [0.1, 0.15) is 11.9 Å². The van der Waals surface area contributed by atoms with Crippen molar-refractivity contribution in [1.29, 1.82) is 0 Å². The van der Waals surface area contributed by atoms with Crippen LogP contribution in [0, 0.1) is 58.2 Å². The fourth-order valence-corrected chi connectivity index (χ4v) is 9.49. The summed E-state index contributed by atoms with van der Waals surface area (Å²) in [5.74, 6) is 5.65. The fraction of sp³-hybridized carbons (Fsp3) is 0.933. The molecule has 0 spiro atoms. The van der Waals surface area contributed by atoms with E-state index in [9.17, 15) is 9.59 Å². The highest BCUT2D eigenvalue weighted by molar-refractivity contribution is 5.79. The maximum absolute atomic E-state index is 12.3. The quantitative estimate of drug-likeness (QED) is 0.388. The number of Topliss-reactive ketones (excluding diaryl/α,β-unsaturated/α-hetero) is 1. The van der Waals surface area contributed by atoms with Crippen molar-refractivity contribution in [3.63, 3.8) is 0 Å². The van der Waals surface area contributed by atoms with Crippen molar-refractivity contribution >= 4 is 11.8 Å². The normalized spacial score (nSPS) is 44.5. The zero-order valence-corrected chi connectivity index (χ0v) is 22.5. The van der Waals surface area contributed by atoms with E-state index in [1.807, 2.05) is 0 Å². The molecule has 0 aromatic carbocycles. The second-order valence-corrected chi connectivity index (χ2v) is 13.6. The Balaban J connectivity index is 1.59. The van der Waals surface area contributed by atoms with Crippen LogP contribution in [0.4, 0.5) is 0 Å². The topological polar surface area (TPSA) is 43.4 Å². The summed E-state index contributed by atoms with van der Waals surface area (Å²) in [7, 11) is 0. The average molecular weight is 459 g/mol. The minimum absolute atomic E-state index is 0.0251. The third-order valence-corrected chi connectivity index (χ3v) is 11.7. The highest BCUT2D eigenvalue weighted by atomic mass is 16.5. The molecule has 0 aliphatic heterocycles. The Morgan fingerprint density at radius 3 is 2.42 bits per heavy atom. The van der Waals surface area contributed by atoms with Crippen LogP contribution in [0.5, 0.6) is 0 Å². The summed E-state index contributed by atoms with van der Waals surface area (Å²) in [6.45, 7) is 16.2. The van der Waals surface area contributed by atoms with Crippen molar-refractivity contribution in [3.05, 3.63) is 0 Å². The lowest BCUT2D eigenvalue weighted by molar-refractivity contribution is -0.195. The van der Waals surface area contributed by atoms with Crippen LogP contribution in [0.25, 0.3) is 0 Å². The van der Waals surface area contributed by atoms with Gasteiger partial charge in [0.15, 0.2) is 0 Å². The Bertz CT molecular complexity index is 743. The van der Waals surface area contributed by atoms with Crippen molar-refractivity contribution in [2.75, 3.05) is 0 Å². The Kier molecular flexibility index (Phi) is 7.12. The summed E-state index contributed by atoms with van der Waals surface area (Å²) in [5.41, 5.74) is 0.421. The first-order valence-electron chi connectivity index (χ1n) is 14.2. The monoisotopic (exact) mass is 458 g/mol. The maximum Gasteiger partial charge on any atom is 0.302 e. The van der Waals surface area contributed by atoms with Crippen LogP contribution in [-0.4, -0.2) is 17.9 Å². The summed E-state index contributed by atoms with van der Waals surface area (Å²) in [6, 6.07) is 0. The lowest BCUT2D eigenvalue weighted by Crippen LogP contribution is -2.59. The smallest absolute Gasteiger partial charge is 0.302 e. The Morgan fingerprint density at radius 2 is 1.76 bits per heavy atom. The predicted molar refractivity (Wildman–Crippen MR) is 134 cm³/mol. The van der Waals surface area contributed by atoms with Gasteiger partial charge >= 0.3 is 5.97 Å². The molecule has 33 heavy (non-hydrogen) atoms. The number of carbonyl (C=O) groups is 2. The number of ketones is 1. The largest absolute Gasteiger partial charge is 0.462 e. The molecule has 0 bridgehead atoms. The van der Waals surface area contributed by atoms with Crippen molar-refractivity contribution in [2.45, 2.75) is 119 Å². The van der Waals surface area contributed by atoms with E-state index < -0.39 is 0 Å². The molecule has 0 N–H and O–H groups in total. The lowest BCUT2D eigenvalue weighted by Gasteiger charge is -2.62. The van der Waals surface area contributed by atoms with Crippen LogP contribution in [0.15, 0.2) is 0 Å². The number of hydrogen-bond donors (Lipinski definition) is 0. The minimum Gasteiger partial charge on any atom is -0.462 e. The van der Waals surface area contributed by atoms with Gasteiger partial charge in [0.05, 0.1) is 0 Å². The summed E-state index contributed by atoms with van der Waals surface area (Å²) >= 11 is 0. The third kappa shape index (κ3) is 4.44. The van der Waals surface area contributed by atoms with Gasteiger partial charge < -0.3 is 4.74 Å². The maximum atomic E-state index is 12.3. The second kappa shape index (κ2) is 9.30. The average Bonchev–Trinajstić information content (AvgIpc) is 3.08. The predicted octanol–water partition coefficient (Wildman–Crippen LogP) is 7.46. The molecule has 188 valence electrons. The van der Waals surface area contributed by atoms with Gasteiger partial charge in [0.2, 0.25) is 0 Å². The van der Waals surface area contributed by atoms with Gasteiger partial charge in [-0.25, -0.2) is 0 Å². The first-order valence-corrected chi connectivity index (χ1v) is 14.2. The molecule has 4 saturated carbocycles. The highest BCUT2D eigenvalue weighted by Crippen LogP contribution is 2.68. The van der Waals surface area contributed by atoms with E-state index in [1.165, 1.54) is 38.5 Å². The van der Waals surface area contributed by atoms with E-state index in [4.69, 9.17) is 4.74 Å². The highest BCUT2D eigenvalue weighted by Gasteiger charge is 2.64. The van der Waals surface area contributed by atoms with Crippen molar-refractivity contribution in [1.82, 2.24) is 0 Å². The van der Waals surface area contributed by atoms with Crippen LogP contribution in [0.3, 0.4) is 0 Å². The van der Waals surface area contributed by atoms with Gasteiger partial charge in [0.25, 0.3) is 0 Å². The molecular weight excluding hydrogens is 408 g/mol. The molecular formula is C30H50O3. The number of hydrogen-bond acceptors (Lipinski definition) is 3. The van der Waals surface area contributed by atoms with E-state index in [0.717, 1.165) is 55.3 Å². The van der Waals surface area contributed by atoms with Crippen LogP contribution >= 0.6 is 0 Å². The molecule has 4 aliphatic rings. The Labute approximate surface area is 203 Å². The molecule has 4 fully saturated rings. The molecule has 4 aliphatic carbocycles. The summed E-state index contributed by atoms with van der Waals surface area (Å²) in [6.07, 6.45) is 11.3. The van der Waals surface area contributed by atoms with E-state index in [0.29, 0.717) is 23.5 Å². The number of carbonyl (C=O) groups excluding carboxylic acids is 2. The van der Waals surface area contributed by atoms with Crippen molar-refractivity contribution in [2.24, 2.45) is 58.2 Å². The molecule has 0 saturated heterocycles. The van der Waals surface area contributed by atoms with E-state index >= 15 is 0 Å². The van der Waals surface area contributed by atoms with Crippen LogP contribution < -0.4 is 0 Å². The molecule has 6 unspecified atom stereocenters. The van der Waals surface area contributed by atoms with Crippen LogP contribution in [-0.2, 0) is 14.3 Å². The first kappa shape index (κ1) is 25.2. The molecule has 10 atom stereocenters. The molecule has 3 heteroatoms. The van der Waals surface area contributed by atoms with Gasteiger partial charge in [-0.15, -0.1) is 0 Å². The molecule has 0 amide bonds. The van der Waals surface area contributed by atoms with Gasteiger partial charge in [0, 0.05) is 25.7 Å². The summed E-state index contributed by atoms with van der Waals surface area (Å²) < 4.78 is 6.21. The third-order valence-electron chi connectivity index (χ3n) is 11.7. The SMILES string of the molecule is CC(=O)O[C@@H]1CC2(C)C(CCC2[C@H](C)CC[C@H](C)C(C)C)C2CC[C@H]3CC(=O)CCC3(C)C21. The standard InChI is InChI=1S/C30H50O3/c1-18(2)19(3)8-9-20(4)25-12-13-26-24-11-10-22-16-23(32)14-15-29(22,6)28(24)27(33-21(5)31)17-30(25,26)7/h18-20,22,24-28H,8-17H2,1-7H3/t19-,20+,22-,24?,25?,26?,27+,28?,29?,30?/m0/s1.